The molecule has 0 N–H and O–H groups in total. The molecule has 0 aliphatic carbocycles. The van der Waals surface area contributed by atoms with E-state index >= 15 is 0 Å². The number of thiazole rings is 1. The van der Waals surface area contributed by atoms with Crippen LogP contribution in [0, 0.1) is 19.7 Å². The fraction of sp³-hybridized carbons (Fsp3) is 0.133. The molecule has 0 radical (unpaired) electrons. The Bertz CT molecular complexity index is 730. The van der Waals surface area contributed by atoms with Crippen molar-refractivity contribution in [2.45, 2.75) is 13.8 Å². The zero-order valence-corrected chi connectivity index (χ0v) is 11.0. The number of hydrogen-bond donors (Lipinski definition) is 0. The minimum Gasteiger partial charge on any atom is -0.241 e. The van der Waals surface area contributed by atoms with Crippen LogP contribution in [0.25, 0.3) is 21.3 Å². The highest BCUT2D eigenvalue weighted by Crippen LogP contribution is 2.35. The molecule has 3 heteroatoms. The molecular weight excluding hydrogens is 245 g/mol. The number of halogens is 1. The lowest BCUT2D eigenvalue weighted by Gasteiger charge is -2.08. The van der Waals surface area contributed by atoms with Crippen LogP contribution >= 0.6 is 11.3 Å². The highest BCUT2D eigenvalue weighted by Gasteiger charge is 2.13. The zero-order valence-electron chi connectivity index (χ0n) is 10.2. The van der Waals surface area contributed by atoms with Crippen LogP contribution in [0.2, 0.25) is 0 Å². The van der Waals surface area contributed by atoms with Crippen molar-refractivity contribution in [3.8, 4) is 11.1 Å². The quantitative estimate of drug-likeness (QED) is 0.614. The first-order chi connectivity index (χ1) is 8.66. The fourth-order valence-electron chi connectivity index (χ4n) is 2.21. The Morgan fingerprint density at radius 2 is 1.83 bits per heavy atom. The van der Waals surface area contributed by atoms with E-state index in [1.165, 1.54) is 6.07 Å². The van der Waals surface area contributed by atoms with Gasteiger partial charge in [-0.25, -0.2) is 9.37 Å². The molecule has 0 bridgehead atoms. The number of rotatable bonds is 1. The second-order valence-corrected chi connectivity index (χ2v) is 5.55. The Hall–Kier alpha value is -1.74. The summed E-state index contributed by atoms with van der Waals surface area (Å²) in [6.45, 7) is 3.97. The molecule has 0 fully saturated rings. The number of aromatic nitrogens is 1. The molecule has 0 unspecified atom stereocenters. The SMILES string of the molecule is Cc1nc2c(-c3ccccc3F)c(C)ccc2s1. The predicted octanol–water partition coefficient (Wildman–Crippen LogP) is 4.72. The maximum absolute atomic E-state index is 14.0. The molecule has 0 amide bonds. The third-order valence-electron chi connectivity index (χ3n) is 3.02. The lowest BCUT2D eigenvalue weighted by atomic mass is 9.99. The van der Waals surface area contributed by atoms with Gasteiger partial charge in [0, 0.05) is 11.1 Å². The van der Waals surface area contributed by atoms with Crippen molar-refractivity contribution in [3.05, 3.63) is 52.8 Å². The Labute approximate surface area is 109 Å². The Morgan fingerprint density at radius 1 is 1.06 bits per heavy atom. The summed E-state index contributed by atoms with van der Waals surface area (Å²) in [6.07, 6.45) is 0. The largest absolute Gasteiger partial charge is 0.241 e. The number of benzene rings is 2. The normalized spacial score (nSPS) is 11.1. The van der Waals surface area contributed by atoms with Crippen molar-refractivity contribution in [1.29, 1.82) is 0 Å². The van der Waals surface area contributed by atoms with E-state index in [0.29, 0.717) is 5.56 Å². The number of fused-ring (bicyclic) bond motifs is 1. The smallest absolute Gasteiger partial charge is 0.131 e. The van der Waals surface area contributed by atoms with Crippen LogP contribution in [0.4, 0.5) is 4.39 Å². The molecule has 0 aliphatic heterocycles. The second-order valence-electron chi connectivity index (χ2n) is 4.32. The monoisotopic (exact) mass is 257 g/mol. The first kappa shape index (κ1) is 11.4. The molecular formula is C15H12FNS. The van der Waals surface area contributed by atoms with E-state index in [0.717, 1.165) is 26.4 Å². The summed E-state index contributed by atoms with van der Waals surface area (Å²) in [6, 6.07) is 11.0. The van der Waals surface area contributed by atoms with Gasteiger partial charge in [-0.05, 0) is 31.5 Å². The molecule has 3 rings (SSSR count). The van der Waals surface area contributed by atoms with Gasteiger partial charge < -0.3 is 0 Å². The summed E-state index contributed by atoms with van der Waals surface area (Å²) >= 11 is 1.64. The van der Waals surface area contributed by atoms with Crippen molar-refractivity contribution in [3.63, 3.8) is 0 Å². The third kappa shape index (κ3) is 1.71. The predicted molar refractivity (Wildman–Crippen MR) is 74.5 cm³/mol. The molecule has 1 aromatic heterocycles. The Morgan fingerprint density at radius 3 is 2.61 bits per heavy atom. The number of aryl methyl sites for hydroxylation is 2. The van der Waals surface area contributed by atoms with Crippen LogP contribution in [-0.2, 0) is 0 Å². The molecule has 0 saturated carbocycles. The van der Waals surface area contributed by atoms with Gasteiger partial charge in [0.25, 0.3) is 0 Å². The molecule has 1 heterocycles. The van der Waals surface area contributed by atoms with E-state index in [-0.39, 0.29) is 5.82 Å². The summed E-state index contributed by atoms with van der Waals surface area (Å²) < 4.78 is 15.1. The van der Waals surface area contributed by atoms with E-state index in [2.05, 4.69) is 11.1 Å². The van der Waals surface area contributed by atoms with Gasteiger partial charge in [-0.15, -0.1) is 11.3 Å². The lowest BCUT2D eigenvalue weighted by Crippen LogP contribution is -1.89. The van der Waals surface area contributed by atoms with Gasteiger partial charge in [-0.1, -0.05) is 24.3 Å². The molecule has 0 saturated heterocycles. The summed E-state index contributed by atoms with van der Waals surface area (Å²) in [5, 5.41) is 1.01. The average Bonchev–Trinajstić information content (AvgIpc) is 2.71. The van der Waals surface area contributed by atoms with E-state index in [4.69, 9.17) is 0 Å². The van der Waals surface area contributed by atoms with E-state index < -0.39 is 0 Å². The highest BCUT2D eigenvalue weighted by atomic mass is 32.1. The van der Waals surface area contributed by atoms with Gasteiger partial charge in [0.05, 0.1) is 15.2 Å². The molecule has 0 atom stereocenters. The molecule has 18 heavy (non-hydrogen) atoms. The molecule has 3 aromatic rings. The molecule has 0 aliphatic rings. The zero-order chi connectivity index (χ0) is 12.7. The Kier molecular flexibility index (Phi) is 2.63. The maximum Gasteiger partial charge on any atom is 0.131 e. The van der Waals surface area contributed by atoms with Crippen LogP contribution in [0.1, 0.15) is 10.6 Å². The van der Waals surface area contributed by atoms with E-state index in [1.807, 2.05) is 32.0 Å². The fourth-order valence-corrected chi connectivity index (χ4v) is 3.05. The lowest BCUT2D eigenvalue weighted by molar-refractivity contribution is 0.631. The minimum absolute atomic E-state index is 0.196. The standard InChI is InChI=1S/C15H12FNS/c1-9-7-8-13-15(17-10(2)18-13)14(9)11-5-3-4-6-12(11)16/h3-8H,1-2H3. The third-order valence-corrected chi connectivity index (χ3v) is 3.96. The topological polar surface area (TPSA) is 12.9 Å². The van der Waals surface area contributed by atoms with Crippen molar-refractivity contribution < 1.29 is 4.39 Å². The molecule has 1 nitrogen and oxygen atoms in total. The van der Waals surface area contributed by atoms with Gasteiger partial charge in [-0.2, -0.15) is 0 Å². The molecule has 2 aromatic carbocycles. The van der Waals surface area contributed by atoms with Crippen LogP contribution in [0.15, 0.2) is 36.4 Å². The first-order valence-corrected chi connectivity index (χ1v) is 6.60. The maximum atomic E-state index is 14.0. The van der Waals surface area contributed by atoms with Crippen molar-refractivity contribution in [2.75, 3.05) is 0 Å². The Balaban J connectivity index is 2.41. The van der Waals surface area contributed by atoms with Gasteiger partial charge in [0.1, 0.15) is 5.82 Å². The van der Waals surface area contributed by atoms with E-state index in [9.17, 15) is 4.39 Å². The van der Waals surface area contributed by atoms with Crippen molar-refractivity contribution in [2.24, 2.45) is 0 Å². The minimum atomic E-state index is -0.196. The van der Waals surface area contributed by atoms with Gasteiger partial charge >= 0.3 is 0 Å². The van der Waals surface area contributed by atoms with Crippen LogP contribution in [-0.4, -0.2) is 4.98 Å². The summed E-state index contributed by atoms with van der Waals surface area (Å²) in [5.74, 6) is -0.196. The van der Waals surface area contributed by atoms with Gasteiger partial charge in [0.15, 0.2) is 0 Å². The first-order valence-electron chi connectivity index (χ1n) is 5.78. The molecule has 90 valence electrons. The van der Waals surface area contributed by atoms with Gasteiger partial charge in [-0.3, -0.25) is 0 Å². The van der Waals surface area contributed by atoms with Crippen LogP contribution in [0.5, 0.6) is 0 Å². The summed E-state index contributed by atoms with van der Waals surface area (Å²) in [5.41, 5.74) is 3.50. The van der Waals surface area contributed by atoms with Crippen LogP contribution < -0.4 is 0 Å². The highest BCUT2D eigenvalue weighted by molar-refractivity contribution is 7.18. The van der Waals surface area contributed by atoms with Crippen molar-refractivity contribution in [1.82, 2.24) is 4.98 Å². The number of hydrogen-bond acceptors (Lipinski definition) is 2. The second kappa shape index (κ2) is 4.18. The molecule has 0 spiro atoms. The number of nitrogens with zero attached hydrogens (tertiary/aromatic N) is 1. The summed E-state index contributed by atoms with van der Waals surface area (Å²) in [7, 11) is 0. The van der Waals surface area contributed by atoms with Crippen molar-refractivity contribution >= 4 is 21.6 Å². The van der Waals surface area contributed by atoms with Crippen LogP contribution in [0.3, 0.4) is 0 Å². The summed E-state index contributed by atoms with van der Waals surface area (Å²) in [4.78, 5) is 4.54. The van der Waals surface area contributed by atoms with Gasteiger partial charge in [0.2, 0.25) is 0 Å². The average molecular weight is 257 g/mol. The van der Waals surface area contributed by atoms with E-state index in [1.54, 1.807) is 17.4 Å².